The second-order valence-corrected chi connectivity index (χ2v) is 14.7. The van der Waals surface area contributed by atoms with E-state index in [-0.39, 0.29) is 0 Å². The van der Waals surface area contributed by atoms with Gasteiger partial charge in [-0.3, -0.25) is 0 Å². The summed E-state index contributed by atoms with van der Waals surface area (Å²) in [5, 5.41) is 7.44. The number of rotatable bonds is 3. The summed E-state index contributed by atoms with van der Waals surface area (Å²) in [6, 6.07) is 60.5. The van der Waals surface area contributed by atoms with Crippen LogP contribution in [0.15, 0.2) is 170 Å². The third-order valence-electron chi connectivity index (χ3n) is 10.8. The van der Waals surface area contributed by atoms with Crippen LogP contribution in [0.5, 0.6) is 23.0 Å². The summed E-state index contributed by atoms with van der Waals surface area (Å²) in [6.07, 6.45) is 0. The van der Waals surface area contributed by atoms with E-state index in [0.717, 1.165) is 56.2 Å². The van der Waals surface area contributed by atoms with Crippen LogP contribution in [0.25, 0.3) is 86.3 Å². The van der Waals surface area contributed by atoms with Gasteiger partial charge in [0.05, 0.1) is 27.5 Å². The Morgan fingerprint density at radius 1 is 0.358 bits per heavy atom. The van der Waals surface area contributed by atoms with Gasteiger partial charge in [-0.15, -0.1) is 11.3 Å². The number of hydrogen-bond acceptors (Lipinski definition) is 3. The molecule has 8 aromatic carbocycles. The van der Waals surface area contributed by atoms with Gasteiger partial charge < -0.3 is 18.6 Å². The van der Waals surface area contributed by atoms with Crippen molar-refractivity contribution in [2.75, 3.05) is 0 Å². The molecule has 0 saturated heterocycles. The normalized spacial score (nSPS) is 12.5. The molecular weight excluding hydrogens is 669 g/mol. The fourth-order valence-corrected chi connectivity index (χ4v) is 9.69. The number of para-hydroxylation sites is 4. The highest BCUT2D eigenvalue weighted by Crippen LogP contribution is 2.51. The highest BCUT2D eigenvalue weighted by atomic mass is 32.1. The van der Waals surface area contributed by atoms with Crippen molar-refractivity contribution in [1.29, 1.82) is 0 Å². The van der Waals surface area contributed by atoms with E-state index in [2.05, 4.69) is 149 Å². The summed E-state index contributed by atoms with van der Waals surface area (Å²) in [7, 11) is 0. The van der Waals surface area contributed by atoms with Crippen molar-refractivity contribution in [3.63, 3.8) is 0 Å². The van der Waals surface area contributed by atoms with Gasteiger partial charge in [-0.05, 0) is 83.9 Å². The first-order valence-corrected chi connectivity index (χ1v) is 18.7. The van der Waals surface area contributed by atoms with Gasteiger partial charge in [0.2, 0.25) is 0 Å². The fourth-order valence-electron chi connectivity index (χ4n) is 8.44. The minimum absolute atomic E-state index is 0.728. The number of aromatic nitrogens is 2. The van der Waals surface area contributed by atoms with E-state index in [4.69, 9.17) is 9.47 Å². The zero-order valence-corrected chi connectivity index (χ0v) is 29.1. The molecule has 1 aliphatic rings. The third-order valence-corrected chi connectivity index (χ3v) is 12.0. The Kier molecular flexibility index (Phi) is 5.90. The van der Waals surface area contributed by atoms with Crippen molar-refractivity contribution in [2.24, 2.45) is 0 Å². The minimum atomic E-state index is 0.728. The Morgan fingerprint density at radius 3 is 1.57 bits per heavy atom. The standard InChI is InChI=1S/C48H28N2O2S/c1-4-12-37-35(10-1)45-39(27-28-43-47(45)52-42-15-7-6-14-41(42)51-43)49(37)31-21-17-29(18-22-31)30-19-23-32(24-20-30)50-38-13-5-2-11-36(38)46-40(50)26-25-34-33-9-3-8-16-44(33)53-48(34)46/h1-28H. The number of nitrogens with zero attached hydrogens (tertiary/aromatic N) is 2. The van der Waals surface area contributed by atoms with Crippen LogP contribution in [0.4, 0.5) is 0 Å². The Labute approximate surface area is 307 Å². The highest BCUT2D eigenvalue weighted by Gasteiger charge is 2.25. The molecule has 5 heteroatoms. The van der Waals surface area contributed by atoms with Gasteiger partial charge in [0.1, 0.15) is 0 Å². The van der Waals surface area contributed by atoms with Crippen molar-refractivity contribution >= 4 is 75.1 Å². The second-order valence-electron chi connectivity index (χ2n) is 13.7. The first-order valence-electron chi connectivity index (χ1n) is 17.8. The Morgan fingerprint density at radius 2 is 0.887 bits per heavy atom. The minimum Gasteiger partial charge on any atom is -0.449 e. The Bertz CT molecular complexity index is 3280. The van der Waals surface area contributed by atoms with E-state index in [1.807, 2.05) is 41.7 Å². The molecule has 248 valence electrons. The predicted octanol–water partition coefficient (Wildman–Crippen LogP) is 13.8. The molecular formula is C48H28N2O2S. The summed E-state index contributed by atoms with van der Waals surface area (Å²) in [5.41, 5.74) is 9.23. The molecule has 12 rings (SSSR count). The lowest BCUT2D eigenvalue weighted by Gasteiger charge is -2.21. The summed E-state index contributed by atoms with van der Waals surface area (Å²) in [6.45, 7) is 0. The molecule has 1 aliphatic heterocycles. The lowest BCUT2D eigenvalue weighted by atomic mass is 10.0. The molecule has 3 aromatic heterocycles. The highest BCUT2D eigenvalue weighted by molar-refractivity contribution is 7.26. The molecule has 0 saturated carbocycles. The Hall–Kier alpha value is -6.82. The van der Waals surface area contributed by atoms with Crippen LogP contribution in [0, 0.1) is 0 Å². The Balaban J connectivity index is 0.940. The molecule has 0 unspecified atom stereocenters. The van der Waals surface area contributed by atoms with Gasteiger partial charge in [-0.25, -0.2) is 0 Å². The summed E-state index contributed by atoms with van der Waals surface area (Å²) in [5.74, 6) is 2.94. The quantitative estimate of drug-likeness (QED) is 0.184. The fraction of sp³-hybridized carbons (Fsp3) is 0. The second kappa shape index (κ2) is 10.8. The molecule has 0 N–H and O–H groups in total. The van der Waals surface area contributed by atoms with Crippen LogP contribution in [0.3, 0.4) is 0 Å². The average Bonchev–Trinajstić information content (AvgIpc) is 3.88. The van der Waals surface area contributed by atoms with Gasteiger partial charge in [0.15, 0.2) is 23.0 Å². The molecule has 0 amide bonds. The molecule has 0 radical (unpaired) electrons. The predicted molar refractivity (Wildman–Crippen MR) is 220 cm³/mol. The molecule has 0 bridgehead atoms. The monoisotopic (exact) mass is 696 g/mol. The van der Waals surface area contributed by atoms with Crippen LogP contribution < -0.4 is 9.47 Å². The molecule has 0 atom stereocenters. The van der Waals surface area contributed by atoms with Crippen LogP contribution in [-0.4, -0.2) is 9.13 Å². The zero-order valence-electron chi connectivity index (χ0n) is 28.3. The van der Waals surface area contributed by atoms with Crippen molar-refractivity contribution in [3.05, 3.63) is 170 Å². The lowest BCUT2D eigenvalue weighted by Crippen LogP contribution is -1.99. The largest absolute Gasteiger partial charge is 0.449 e. The SMILES string of the molecule is c1ccc2c(c1)Oc1ccc3c(c1O2)c1ccccc1n3-c1ccc(-c2ccc(-n3c4ccccc4c4c5sc6ccccc6c5ccc43)cc2)cc1. The number of fused-ring (bicyclic) bond motifs is 13. The summed E-state index contributed by atoms with van der Waals surface area (Å²) >= 11 is 1.89. The van der Waals surface area contributed by atoms with Gasteiger partial charge in [0.25, 0.3) is 0 Å². The molecule has 0 spiro atoms. The van der Waals surface area contributed by atoms with E-state index in [1.54, 1.807) is 0 Å². The topological polar surface area (TPSA) is 28.3 Å². The summed E-state index contributed by atoms with van der Waals surface area (Å²) < 4.78 is 20.2. The van der Waals surface area contributed by atoms with Crippen molar-refractivity contribution in [3.8, 4) is 45.5 Å². The molecule has 53 heavy (non-hydrogen) atoms. The molecule has 4 heterocycles. The molecule has 0 aliphatic carbocycles. The van der Waals surface area contributed by atoms with Gasteiger partial charge in [-0.1, -0.05) is 97.1 Å². The lowest BCUT2D eigenvalue weighted by molar-refractivity contribution is 0.363. The van der Waals surface area contributed by atoms with E-state index in [9.17, 15) is 0 Å². The van der Waals surface area contributed by atoms with E-state index in [1.165, 1.54) is 53.1 Å². The van der Waals surface area contributed by atoms with Gasteiger partial charge in [0, 0.05) is 47.7 Å². The maximum atomic E-state index is 6.50. The van der Waals surface area contributed by atoms with Crippen molar-refractivity contribution in [2.45, 2.75) is 0 Å². The molecule has 11 aromatic rings. The van der Waals surface area contributed by atoms with Crippen LogP contribution in [0.2, 0.25) is 0 Å². The van der Waals surface area contributed by atoms with Crippen LogP contribution >= 0.6 is 11.3 Å². The van der Waals surface area contributed by atoms with E-state index in [0.29, 0.717) is 0 Å². The molecule has 0 fully saturated rings. The van der Waals surface area contributed by atoms with Gasteiger partial charge in [-0.2, -0.15) is 0 Å². The first-order chi connectivity index (χ1) is 26.3. The van der Waals surface area contributed by atoms with E-state index < -0.39 is 0 Å². The number of thiophene rings is 1. The maximum Gasteiger partial charge on any atom is 0.180 e. The maximum absolute atomic E-state index is 6.50. The number of hydrogen-bond donors (Lipinski definition) is 0. The number of ether oxygens (including phenoxy) is 2. The van der Waals surface area contributed by atoms with Crippen LogP contribution in [0.1, 0.15) is 0 Å². The zero-order chi connectivity index (χ0) is 34.6. The first kappa shape index (κ1) is 28.8. The van der Waals surface area contributed by atoms with Gasteiger partial charge >= 0.3 is 0 Å². The van der Waals surface area contributed by atoms with E-state index >= 15 is 0 Å². The van der Waals surface area contributed by atoms with Crippen molar-refractivity contribution in [1.82, 2.24) is 9.13 Å². The average molecular weight is 697 g/mol. The van der Waals surface area contributed by atoms with Crippen LogP contribution in [-0.2, 0) is 0 Å². The third kappa shape index (κ3) is 4.11. The number of benzene rings is 8. The van der Waals surface area contributed by atoms with Crippen molar-refractivity contribution < 1.29 is 9.47 Å². The smallest absolute Gasteiger partial charge is 0.180 e. The summed E-state index contributed by atoms with van der Waals surface area (Å²) in [4.78, 5) is 0. The molecule has 4 nitrogen and oxygen atoms in total.